The maximum atomic E-state index is 12.6. The number of nitrogens with zero attached hydrogens (tertiary/aromatic N) is 1. The zero-order valence-electron chi connectivity index (χ0n) is 13.1. The van der Waals surface area contributed by atoms with E-state index in [1.807, 2.05) is 25.1 Å². The van der Waals surface area contributed by atoms with E-state index in [-0.39, 0.29) is 34.8 Å². The highest BCUT2D eigenvalue weighted by Gasteiger charge is 2.45. The lowest BCUT2D eigenvalue weighted by molar-refractivity contribution is 0.0895. The SMILES string of the molecule is C[C@H](NC(=O)c1cccc(Cl)c1Cl)C1(c2ccccn2)CNC1.Cl. The number of carbonyl (C=O) groups is 1. The number of carbonyl (C=O) groups excluding carboxylic acids is 1. The molecule has 1 amide bonds. The lowest BCUT2D eigenvalue weighted by atomic mass is 9.72. The van der Waals surface area contributed by atoms with Crippen LogP contribution in [-0.4, -0.2) is 30.0 Å². The van der Waals surface area contributed by atoms with Gasteiger partial charge >= 0.3 is 0 Å². The number of halogens is 3. The number of hydrogen-bond acceptors (Lipinski definition) is 3. The molecular weight excluding hydrogens is 369 g/mol. The fraction of sp³-hybridized carbons (Fsp3) is 0.294. The Morgan fingerprint density at radius 1 is 1.25 bits per heavy atom. The Labute approximate surface area is 157 Å². The summed E-state index contributed by atoms with van der Waals surface area (Å²) in [7, 11) is 0. The number of rotatable bonds is 4. The van der Waals surface area contributed by atoms with Crippen LogP contribution in [-0.2, 0) is 5.41 Å². The molecule has 2 heterocycles. The van der Waals surface area contributed by atoms with Gasteiger partial charge in [-0.2, -0.15) is 0 Å². The molecule has 0 spiro atoms. The van der Waals surface area contributed by atoms with E-state index in [1.165, 1.54) is 0 Å². The minimum absolute atomic E-state index is 0. The van der Waals surface area contributed by atoms with Crippen molar-refractivity contribution in [3.05, 3.63) is 63.9 Å². The molecule has 2 N–H and O–H groups in total. The predicted octanol–water partition coefficient (Wildman–Crippen LogP) is 3.47. The molecule has 0 unspecified atom stereocenters. The van der Waals surface area contributed by atoms with Gasteiger partial charge in [0.1, 0.15) is 0 Å². The summed E-state index contributed by atoms with van der Waals surface area (Å²) < 4.78 is 0. The summed E-state index contributed by atoms with van der Waals surface area (Å²) in [5.41, 5.74) is 1.15. The van der Waals surface area contributed by atoms with E-state index in [0.717, 1.165) is 18.8 Å². The minimum atomic E-state index is -0.229. The Kier molecular flexibility index (Phi) is 6.10. The van der Waals surface area contributed by atoms with Crippen LogP contribution < -0.4 is 10.6 Å². The van der Waals surface area contributed by atoms with Crippen molar-refractivity contribution >= 4 is 41.5 Å². The van der Waals surface area contributed by atoms with E-state index in [1.54, 1.807) is 24.4 Å². The molecule has 7 heteroatoms. The molecule has 1 aliphatic rings. The second kappa shape index (κ2) is 7.70. The third-order valence-electron chi connectivity index (χ3n) is 4.43. The van der Waals surface area contributed by atoms with Crippen LogP contribution in [0.3, 0.4) is 0 Å². The second-order valence-corrected chi connectivity index (χ2v) is 6.56. The Bertz CT molecular complexity index is 720. The lowest BCUT2D eigenvalue weighted by Gasteiger charge is -2.46. The Morgan fingerprint density at radius 3 is 2.58 bits per heavy atom. The van der Waals surface area contributed by atoms with Gasteiger partial charge in [0.25, 0.3) is 5.91 Å². The normalized spacial score (nSPS) is 16.5. The van der Waals surface area contributed by atoms with E-state index >= 15 is 0 Å². The highest BCUT2D eigenvalue weighted by molar-refractivity contribution is 6.43. The number of hydrogen-bond donors (Lipinski definition) is 2. The summed E-state index contributed by atoms with van der Waals surface area (Å²) in [6.07, 6.45) is 1.78. The Hall–Kier alpha value is -1.33. The predicted molar refractivity (Wildman–Crippen MR) is 99.4 cm³/mol. The number of nitrogens with one attached hydrogen (secondary N) is 2. The van der Waals surface area contributed by atoms with Gasteiger partial charge in [-0.05, 0) is 31.2 Å². The number of aromatic nitrogens is 1. The largest absolute Gasteiger partial charge is 0.348 e. The fourth-order valence-corrected chi connectivity index (χ4v) is 3.24. The first kappa shape index (κ1) is 19.0. The molecule has 2 aromatic rings. The van der Waals surface area contributed by atoms with Crippen LogP contribution in [0.5, 0.6) is 0 Å². The first-order valence-corrected chi connectivity index (χ1v) is 8.17. The van der Waals surface area contributed by atoms with Gasteiger partial charge in [0, 0.05) is 25.3 Å². The van der Waals surface area contributed by atoms with Crippen molar-refractivity contribution in [3.63, 3.8) is 0 Å². The van der Waals surface area contributed by atoms with E-state index in [0.29, 0.717) is 10.6 Å². The van der Waals surface area contributed by atoms with Crippen LogP contribution in [0.1, 0.15) is 23.0 Å². The number of benzene rings is 1. The first-order valence-electron chi connectivity index (χ1n) is 7.42. The maximum Gasteiger partial charge on any atom is 0.253 e. The summed E-state index contributed by atoms with van der Waals surface area (Å²) in [5, 5.41) is 6.97. The molecule has 128 valence electrons. The molecule has 0 bridgehead atoms. The van der Waals surface area contributed by atoms with Crippen molar-refractivity contribution in [1.82, 2.24) is 15.6 Å². The first-order chi connectivity index (χ1) is 11.0. The van der Waals surface area contributed by atoms with Crippen molar-refractivity contribution in [3.8, 4) is 0 Å². The molecule has 1 aromatic carbocycles. The third kappa shape index (κ3) is 3.38. The fourth-order valence-electron chi connectivity index (χ4n) is 2.85. The van der Waals surface area contributed by atoms with Gasteiger partial charge in [-0.1, -0.05) is 35.3 Å². The molecule has 0 radical (unpaired) electrons. The van der Waals surface area contributed by atoms with Gasteiger partial charge in [-0.15, -0.1) is 12.4 Å². The topological polar surface area (TPSA) is 54.0 Å². The number of pyridine rings is 1. The van der Waals surface area contributed by atoms with Gasteiger partial charge in [-0.25, -0.2) is 0 Å². The molecule has 1 aromatic heterocycles. The summed E-state index contributed by atoms with van der Waals surface area (Å²) >= 11 is 12.1. The molecule has 3 rings (SSSR count). The average molecular weight is 387 g/mol. The van der Waals surface area contributed by atoms with E-state index in [2.05, 4.69) is 15.6 Å². The minimum Gasteiger partial charge on any atom is -0.348 e. The maximum absolute atomic E-state index is 12.6. The smallest absolute Gasteiger partial charge is 0.253 e. The lowest BCUT2D eigenvalue weighted by Crippen LogP contribution is -2.66. The summed E-state index contributed by atoms with van der Waals surface area (Å²) in [6, 6.07) is 10.8. The van der Waals surface area contributed by atoms with Gasteiger partial charge < -0.3 is 10.6 Å². The zero-order chi connectivity index (χ0) is 16.4. The van der Waals surface area contributed by atoms with Crippen LogP contribution in [0.4, 0.5) is 0 Å². The van der Waals surface area contributed by atoms with Gasteiger partial charge in [0.15, 0.2) is 0 Å². The molecule has 4 nitrogen and oxygen atoms in total. The highest BCUT2D eigenvalue weighted by Crippen LogP contribution is 2.31. The van der Waals surface area contributed by atoms with Crippen LogP contribution >= 0.6 is 35.6 Å². The quantitative estimate of drug-likeness (QED) is 0.846. The summed E-state index contributed by atoms with van der Waals surface area (Å²) in [6.45, 7) is 3.54. The van der Waals surface area contributed by atoms with Gasteiger partial charge in [0.2, 0.25) is 0 Å². The molecule has 0 aliphatic carbocycles. The molecular formula is C17H18Cl3N3O. The van der Waals surface area contributed by atoms with Crippen LogP contribution in [0.15, 0.2) is 42.6 Å². The summed E-state index contributed by atoms with van der Waals surface area (Å²) in [4.78, 5) is 17.0. The Balaban J connectivity index is 0.00000208. The zero-order valence-corrected chi connectivity index (χ0v) is 15.4. The van der Waals surface area contributed by atoms with E-state index < -0.39 is 0 Å². The second-order valence-electron chi connectivity index (χ2n) is 5.77. The van der Waals surface area contributed by atoms with Gasteiger partial charge in [0.05, 0.1) is 26.7 Å². The van der Waals surface area contributed by atoms with Crippen molar-refractivity contribution in [2.24, 2.45) is 0 Å². The van der Waals surface area contributed by atoms with Gasteiger partial charge in [-0.3, -0.25) is 9.78 Å². The number of amides is 1. The van der Waals surface area contributed by atoms with Crippen LogP contribution in [0.25, 0.3) is 0 Å². The molecule has 0 saturated carbocycles. The highest BCUT2D eigenvalue weighted by atomic mass is 35.5. The molecule has 1 fully saturated rings. The molecule has 24 heavy (non-hydrogen) atoms. The van der Waals surface area contributed by atoms with Crippen LogP contribution in [0.2, 0.25) is 10.0 Å². The van der Waals surface area contributed by atoms with E-state index in [4.69, 9.17) is 23.2 Å². The van der Waals surface area contributed by atoms with Crippen molar-refractivity contribution in [2.45, 2.75) is 18.4 Å². The van der Waals surface area contributed by atoms with Crippen molar-refractivity contribution < 1.29 is 4.79 Å². The van der Waals surface area contributed by atoms with Crippen molar-refractivity contribution in [2.75, 3.05) is 13.1 Å². The standard InChI is InChI=1S/C17H17Cl2N3O.ClH/c1-11(17(9-20-10-17)14-7-2-3-8-21-14)22-16(23)12-5-4-6-13(18)15(12)19;/h2-8,11,20H,9-10H2,1H3,(H,22,23);1H/t11-;/m0./s1. The molecule has 1 saturated heterocycles. The van der Waals surface area contributed by atoms with Crippen molar-refractivity contribution in [1.29, 1.82) is 0 Å². The average Bonchev–Trinajstić information content (AvgIpc) is 2.50. The monoisotopic (exact) mass is 385 g/mol. The summed E-state index contributed by atoms with van der Waals surface area (Å²) in [5.74, 6) is -0.229. The third-order valence-corrected chi connectivity index (χ3v) is 5.25. The van der Waals surface area contributed by atoms with Crippen LogP contribution in [0, 0.1) is 0 Å². The van der Waals surface area contributed by atoms with E-state index in [9.17, 15) is 4.79 Å². The Morgan fingerprint density at radius 2 is 2.00 bits per heavy atom. The molecule has 1 atom stereocenters. The molecule has 1 aliphatic heterocycles.